The molecule has 0 aromatic rings. The van der Waals surface area contributed by atoms with E-state index in [1.54, 1.807) is 0 Å². The van der Waals surface area contributed by atoms with Crippen LogP contribution in [0.5, 0.6) is 0 Å². The lowest BCUT2D eigenvalue weighted by Crippen LogP contribution is -2.38. The molecule has 2 N–H and O–H groups in total. The van der Waals surface area contributed by atoms with E-state index in [0.717, 1.165) is 7.11 Å². The fourth-order valence-corrected chi connectivity index (χ4v) is 0.404. The zero-order valence-corrected chi connectivity index (χ0v) is 6.22. The lowest BCUT2D eigenvalue weighted by Gasteiger charge is -2.11. The Balaban J connectivity index is 3.72. The SMILES string of the molecule is COC(=O)[C@H](N)COC(F)(F)F. The summed E-state index contributed by atoms with van der Waals surface area (Å²) in [6.45, 7) is -0.934. The first-order chi connectivity index (χ1) is 5.37. The molecule has 0 radical (unpaired) electrons. The second-order valence-corrected chi connectivity index (χ2v) is 1.89. The fourth-order valence-electron chi connectivity index (χ4n) is 0.404. The Kier molecular flexibility index (Phi) is 3.98. The number of carbonyl (C=O) groups excluding carboxylic acids is 1. The summed E-state index contributed by atoms with van der Waals surface area (Å²) in [7, 11) is 1.02. The number of carbonyl (C=O) groups is 1. The number of alkyl halides is 3. The molecular formula is C5H8F3NO3. The van der Waals surface area contributed by atoms with Crippen molar-refractivity contribution in [3.63, 3.8) is 0 Å². The molecule has 0 aliphatic rings. The number of esters is 1. The summed E-state index contributed by atoms with van der Waals surface area (Å²) < 4.78 is 41.4. The maximum atomic E-state index is 11.4. The average molecular weight is 187 g/mol. The monoisotopic (exact) mass is 187 g/mol. The lowest BCUT2D eigenvalue weighted by atomic mass is 10.3. The van der Waals surface area contributed by atoms with E-state index >= 15 is 0 Å². The number of halogens is 3. The van der Waals surface area contributed by atoms with Crippen LogP contribution in [0.15, 0.2) is 0 Å². The number of methoxy groups -OCH3 is 1. The van der Waals surface area contributed by atoms with E-state index in [0.29, 0.717) is 0 Å². The highest BCUT2D eigenvalue weighted by atomic mass is 19.4. The van der Waals surface area contributed by atoms with Crippen LogP contribution >= 0.6 is 0 Å². The van der Waals surface area contributed by atoms with Crippen molar-refractivity contribution in [3.8, 4) is 0 Å². The maximum Gasteiger partial charge on any atom is 0.522 e. The molecule has 0 aromatic heterocycles. The van der Waals surface area contributed by atoms with Gasteiger partial charge in [0.25, 0.3) is 0 Å². The van der Waals surface area contributed by atoms with Crippen LogP contribution in [0, 0.1) is 0 Å². The Labute approximate surface area is 66.4 Å². The quantitative estimate of drug-likeness (QED) is 0.633. The zero-order valence-electron chi connectivity index (χ0n) is 6.22. The van der Waals surface area contributed by atoms with Gasteiger partial charge in [-0.25, -0.2) is 0 Å². The van der Waals surface area contributed by atoms with Crippen LogP contribution in [0.2, 0.25) is 0 Å². The van der Waals surface area contributed by atoms with Gasteiger partial charge in [-0.3, -0.25) is 9.53 Å². The molecule has 7 heteroatoms. The third-order valence-electron chi connectivity index (χ3n) is 0.930. The molecule has 0 unspecified atom stereocenters. The minimum atomic E-state index is -4.77. The van der Waals surface area contributed by atoms with E-state index < -0.39 is 25.0 Å². The summed E-state index contributed by atoms with van der Waals surface area (Å²) in [4.78, 5) is 10.4. The van der Waals surface area contributed by atoms with Gasteiger partial charge in [0, 0.05) is 0 Å². The Morgan fingerprint density at radius 3 is 2.42 bits per heavy atom. The van der Waals surface area contributed by atoms with E-state index in [9.17, 15) is 18.0 Å². The van der Waals surface area contributed by atoms with E-state index in [1.165, 1.54) is 0 Å². The topological polar surface area (TPSA) is 61.5 Å². The van der Waals surface area contributed by atoms with Crippen molar-refractivity contribution in [3.05, 3.63) is 0 Å². The largest absolute Gasteiger partial charge is 0.522 e. The first-order valence-corrected chi connectivity index (χ1v) is 2.91. The normalized spacial score (nSPS) is 14.1. The maximum absolute atomic E-state index is 11.4. The highest BCUT2D eigenvalue weighted by Crippen LogP contribution is 2.15. The molecule has 12 heavy (non-hydrogen) atoms. The number of hydrogen-bond donors (Lipinski definition) is 1. The number of ether oxygens (including phenoxy) is 2. The molecule has 0 fully saturated rings. The molecule has 0 spiro atoms. The third-order valence-corrected chi connectivity index (χ3v) is 0.930. The zero-order chi connectivity index (χ0) is 9.78. The molecular weight excluding hydrogens is 179 g/mol. The predicted octanol–water partition coefficient (Wildman–Crippen LogP) is 0.0231. The second kappa shape index (κ2) is 4.27. The Bertz CT molecular complexity index is 159. The first kappa shape index (κ1) is 11.2. The van der Waals surface area contributed by atoms with Gasteiger partial charge in [-0.1, -0.05) is 0 Å². The van der Waals surface area contributed by atoms with Crippen LogP contribution in [0.25, 0.3) is 0 Å². The van der Waals surface area contributed by atoms with Crippen molar-refractivity contribution in [2.45, 2.75) is 12.4 Å². The highest BCUT2D eigenvalue weighted by Gasteiger charge is 2.31. The van der Waals surface area contributed by atoms with Gasteiger partial charge < -0.3 is 10.5 Å². The van der Waals surface area contributed by atoms with Crippen LogP contribution in [-0.2, 0) is 14.3 Å². The van der Waals surface area contributed by atoms with Crippen LogP contribution < -0.4 is 5.73 Å². The van der Waals surface area contributed by atoms with Crippen molar-refractivity contribution in [2.24, 2.45) is 5.73 Å². The van der Waals surface area contributed by atoms with Gasteiger partial charge in [0.2, 0.25) is 0 Å². The van der Waals surface area contributed by atoms with Crippen LogP contribution in [0.3, 0.4) is 0 Å². The summed E-state index contributed by atoms with van der Waals surface area (Å²) >= 11 is 0. The molecule has 0 bridgehead atoms. The molecule has 0 heterocycles. The van der Waals surface area contributed by atoms with Gasteiger partial charge in [0.05, 0.1) is 13.7 Å². The smallest absolute Gasteiger partial charge is 0.468 e. The van der Waals surface area contributed by atoms with Gasteiger partial charge >= 0.3 is 12.3 Å². The molecule has 1 atom stereocenters. The highest BCUT2D eigenvalue weighted by molar-refractivity contribution is 5.75. The van der Waals surface area contributed by atoms with Gasteiger partial charge in [0.15, 0.2) is 0 Å². The van der Waals surface area contributed by atoms with Gasteiger partial charge in [-0.2, -0.15) is 0 Å². The summed E-state index contributed by atoms with van der Waals surface area (Å²) in [5, 5.41) is 0. The molecule has 0 aliphatic carbocycles. The predicted molar refractivity (Wildman–Crippen MR) is 32.0 cm³/mol. The van der Waals surface area contributed by atoms with Crippen molar-refractivity contribution in [1.29, 1.82) is 0 Å². The number of rotatable bonds is 3. The summed E-state index contributed by atoms with van der Waals surface area (Å²) in [6, 6.07) is -1.41. The van der Waals surface area contributed by atoms with E-state index in [-0.39, 0.29) is 0 Å². The van der Waals surface area contributed by atoms with Crippen LogP contribution in [-0.4, -0.2) is 32.1 Å². The fraction of sp³-hybridized carbons (Fsp3) is 0.800. The van der Waals surface area contributed by atoms with E-state index in [1.807, 2.05) is 0 Å². The van der Waals surface area contributed by atoms with E-state index in [2.05, 4.69) is 9.47 Å². The van der Waals surface area contributed by atoms with Gasteiger partial charge in [-0.15, -0.1) is 13.2 Å². The van der Waals surface area contributed by atoms with Crippen molar-refractivity contribution >= 4 is 5.97 Å². The van der Waals surface area contributed by atoms with Crippen molar-refractivity contribution in [1.82, 2.24) is 0 Å². The number of hydrogen-bond acceptors (Lipinski definition) is 4. The summed E-state index contributed by atoms with van der Waals surface area (Å²) in [5.41, 5.74) is 4.94. The second-order valence-electron chi connectivity index (χ2n) is 1.89. The molecule has 4 nitrogen and oxygen atoms in total. The third kappa shape index (κ3) is 4.91. The van der Waals surface area contributed by atoms with Gasteiger partial charge in [0.1, 0.15) is 6.04 Å². The molecule has 0 aliphatic heterocycles. The molecule has 72 valence electrons. The molecule has 0 saturated carbocycles. The van der Waals surface area contributed by atoms with Gasteiger partial charge in [-0.05, 0) is 0 Å². The number of nitrogens with two attached hydrogens (primary N) is 1. The van der Waals surface area contributed by atoms with Crippen LogP contribution in [0.1, 0.15) is 0 Å². The summed E-state index contributed by atoms with van der Waals surface area (Å²) in [5.74, 6) is -0.945. The molecule has 0 amide bonds. The van der Waals surface area contributed by atoms with Crippen molar-refractivity contribution < 1.29 is 27.4 Å². The average Bonchev–Trinajstić information content (AvgIpc) is 1.97. The van der Waals surface area contributed by atoms with E-state index in [4.69, 9.17) is 5.73 Å². The van der Waals surface area contributed by atoms with Crippen molar-refractivity contribution in [2.75, 3.05) is 13.7 Å². The van der Waals surface area contributed by atoms with Crippen LogP contribution in [0.4, 0.5) is 13.2 Å². The molecule has 0 rings (SSSR count). The lowest BCUT2D eigenvalue weighted by molar-refractivity contribution is -0.325. The first-order valence-electron chi connectivity index (χ1n) is 2.91. The standard InChI is InChI=1S/C5H8F3NO3/c1-11-4(10)3(9)2-12-5(6,7)8/h3H,2,9H2,1H3/t3-/m1/s1. The Hall–Kier alpha value is -0.820. The minimum absolute atomic E-state index is 0.934. The molecule has 0 aromatic carbocycles. The molecule has 0 saturated heterocycles. The minimum Gasteiger partial charge on any atom is -0.468 e. The summed E-state index contributed by atoms with van der Waals surface area (Å²) in [6.07, 6.45) is -4.77. The Morgan fingerprint density at radius 1 is 1.58 bits per heavy atom. The Morgan fingerprint density at radius 2 is 2.08 bits per heavy atom.